The molecule has 0 amide bonds. The molecule has 2 aromatic carbocycles. The Morgan fingerprint density at radius 2 is 1.74 bits per heavy atom. The van der Waals surface area contributed by atoms with Crippen LogP contribution in [-0.2, 0) is 9.84 Å². The number of sulfone groups is 1. The molecule has 0 atom stereocenters. The second-order valence-corrected chi connectivity index (χ2v) is 9.55. The second-order valence-electron chi connectivity index (χ2n) is 6.04. The van der Waals surface area contributed by atoms with Gasteiger partial charge in [0, 0.05) is 11.1 Å². The fourth-order valence-corrected chi connectivity index (χ4v) is 4.71. The summed E-state index contributed by atoms with van der Waals surface area (Å²) in [6, 6.07) is 20.5. The van der Waals surface area contributed by atoms with Crippen molar-refractivity contribution < 1.29 is 8.42 Å². The maximum Gasteiger partial charge on any atom is 0.175 e. The van der Waals surface area contributed by atoms with Gasteiger partial charge in [-0.25, -0.2) is 13.1 Å². The van der Waals surface area contributed by atoms with Crippen LogP contribution in [0.5, 0.6) is 0 Å². The molecule has 7 heteroatoms. The van der Waals surface area contributed by atoms with E-state index in [2.05, 4.69) is 5.10 Å². The predicted molar refractivity (Wildman–Crippen MR) is 110 cm³/mol. The summed E-state index contributed by atoms with van der Waals surface area (Å²) in [6.45, 7) is 0. The van der Waals surface area contributed by atoms with Gasteiger partial charge in [0.15, 0.2) is 9.84 Å². The van der Waals surface area contributed by atoms with E-state index in [1.807, 2.05) is 53.2 Å². The number of aromatic nitrogens is 2. The van der Waals surface area contributed by atoms with E-state index < -0.39 is 9.84 Å². The van der Waals surface area contributed by atoms with Gasteiger partial charge in [-0.1, -0.05) is 35.9 Å². The van der Waals surface area contributed by atoms with E-state index in [9.17, 15) is 8.42 Å². The zero-order valence-electron chi connectivity index (χ0n) is 14.3. The first-order valence-electron chi connectivity index (χ1n) is 8.13. The van der Waals surface area contributed by atoms with Crippen molar-refractivity contribution in [2.24, 2.45) is 0 Å². The highest BCUT2D eigenvalue weighted by atomic mass is 35.5. The van der Waals surface area contributed by atoms with Gasteiger partial charge in [-0.05, 0) is 48.0 Å². The molecular formula is C20H15ClN2O2S2. The molecule has 0 radical (unpaired) electrons. The largest absolute Gasteiger partial charge is 0.231 e. The number of nitrogens with zero attached hydrogens (tertiary/aromatic N) is 2. The minimum atomic E-state index is -3.24. The molecule has 0 aliphatic rings. The second kappa shape index (κ2) is 6.96. The summed E-state index contributed by atoms with van der Waals surface area (Å²) in [5, 5.41) is 5.04. The smallest absolute Gasteiger partial charge is 0.175 e. The van der Waals surface area contributed by atoms with Crippen molar-refractivity contribution in [2.45, 2.75) is 4.90 Å². The predicted octanol–water partition coefficient (Wildman–Crippen LogP) is 5.32. The molecular weight excluding hydrogens is 400 g/mol. The number of hydrogen-bond donors (Lipinski definition) is 0. The van der Waals surface area contributed by atoms with Gasteiger partial charge < -0.3 is 0 Å². The molecule has 0 aliphatic carbocycles. The summed E-state index contributed by atoms with van der Waals surface area (Å²) in [7, 11) is -3.24. The Bertz CT molecular complexity index is 1230. The normalized spacial score (nSPS) is 11.6. The number of rotatable bonds is 4. The highest BCUT2D eigenvalue weighted by Gasteiger charge is 2.14. The van der Waals surface area contributed by atoms with Crippen LogP contribution in [0.2, 0.25) is 5.02 Å². The van der Waals surface area contributed by atoms with E-state index in [4.69, 9.17) is 11.6 Å². The third-order valence-corrected chi connectivity index (χ3v) is 6.72. The summed E-state index contributed by atoms with van der Waals surface area (Å²) < 4.78 is 25.5. The van der Waals surface area contributed by atoms with Gasteiger partial charge in [-0.3, -0.25) is 0 Å². The minimum Gasteiger partial charge on any atom is -0.231 e. The van der Waals surface area contributed by atoms with Crippen LogP contribution in [0.4, 0.5) is 0 Å². The number of para-hydroxylation sites is 1. The van der Waals surface area contributed by atoms with E-state index in [0.29, 0.717) is 9.92 Å². The number of benzene rings is 2. The highest BCUT2D eigenvalue weighted by molar-refractivity contribution is 7.90. The molecule has 0 N–H and O–H groups in total. The minimum absolute atomic E-state index is 0.316. The zero-order valence-corrected chi connectivity index (χ0v) is 16.7. The summed E-state index contributed by atoms with van der Waals surface area (Å²) in [5.41, 5.74) is 2.62. The van der Waals surface area contributed by atoms with Gasteiger partial charge in [0.05, 0.1) is 32.4 Å². The Hall–Kier alpha value is -2.41. The molecule has 2 aromatic heterocycles. The van der Waals surface area contributed by atoms with Crippen molar-refractivity contribution in [3.05, 3.63) is 77.9 Å². The Morgan fingerprint density at radius 3 is 2.52 bits per heavy atom. The van der Waals surface area contributed by atoms with E-state index in [-0.39, 0.29) is 0 Å². The molecule has 0 bridgehead atoms. The van der Waals surface area contributed by atoms with Crippen molar-refractivity contribution >= 4 is 32.8 Å². The van der Waals surface area contributed by atoms with Gasteiger partial charge in [0.2, 0.25) is 0 Å². The quantitative estimate of drug-likeness (QED) is 0.453. The first-order chi connectivity index (χ1) is 12.9. The summed E-state index contributed by atoms with van der Waals surface area (Å²) in [5.74, 6) is 0. The molecule has 0 saturated heterocycles. The van der Waals surface area contributed by atoms with Gasteiger partial charge in [-0.2, -0.15) is 5.10 Å². The van der Waals surface area contributed by atoms with Crippen molar-refractivity contribution in [1.82, 2.24) is 9.78 Å². The summed E-state index contributed by atoms with van der Waals surface area (Å²) >= 11 is 7.90. The molecule has 2 heterocycles. The van der Waals surface area contributed by atoms with Crippen LogP contribution in [0.1, 0.15) is 0 Å². The van der Waals surface area contributed by atoms with Crippen LogP contribution in [0.25, 0.3) is 26.7 Å². The number of halogens is 1. The first kappa shape index (κ1) is 18.0. The molecule has 0 aliphatic heterocycles. The SMILES string of the molecule is CS(=O)(=O)c1cccc(-c2ccc(-c3ccnn3-c3ccccc3Cl)s2)c1. The monoisotopic (exact) mass is 414 g/mol. The Kier molecular flexibility index (Phi) is 4.63. The fourth-order valence-electron chi connectivity index (χ4n) is 2.82. The van der Waals surface area contributed by atoms with Gasteiger partial charge in [0.25, 0.3) is 0 Å². The Morgan fingerprint density at radius 1 is 0.963 bits per heavy atom. The van der Waals surface area contributed by atoms with Crippen molar-refractivity contribution in [3.63, 3.8) is 0 Å². The molecule has 4 aromatic rings. The standard InChI is InChI=1S/C20H15ClN2O2S2/c1-27(24,25)15-6-4-5-14(13-15)19-9-10-20(26-19)18-11-12-22-23(18)17-8-3-2-7-16(17)21/h2-13H,1H3. The van der Waals surface area contributed by atoms with Gasteiger partial charge >= 0.3 is 0 Å². The highest BCUT2D eigenvalue weighted by Crippen LogP contribution is 2.36. The van der Waals surface area contributed by atoms with Crippen LogP contribution >= 0.6 is 22.9 Å². The molecule has 27 heavy (non-hydrogen) atoms. The lowest BCUT2D eigenvalue weighted by Gasteiger charge is -2.07. The Balaban J connectivity index is 1.76. The maximum absolute atomic E-state index is 11.8. The molecule has 4 nitrogen and oxygen atoms in total. The lowest BCUT2D eigenvalue weighted by Crippen LogP contribution is -1.98. The van der Waals surface area contributed by atoms with Crippen LogP contribution in [0, 0.1) is 0 Å². The molecule has 0 fully saturated rings. The van der Waals surface area contributed by atoms with Gasteiger partial charge in [-0.15, -0.1) is 11.3 Å². The zero-order chi connectivity index (χ0) is 19.0. The molecule has 0 saturated carbocycles. The fraction of sp³-hybridized carbons (Fsp3) is 0.0500. The average Bonchev–Trinajstić information content (AvgIpc) is 3.31. The summed E-state index contributed by atoms with van der Waals surface area (Å²) in [4.78, 5) is 2.32. The number of hydrogen-bond acceptors (Lipinski definition) is 4. The topological polar surface area (TPSA) is 52.0 Å². The lowest BCUT2D eigenvalue weighted by atomic mass is 10.2. The third kappa shape index (κ3) is 3.56. The van der Waals surface area contributed by atoms with Crippen LogP contribution < -0.4 is 0 Å². The van der Waals surface area contributed by atoms with Gasteiger partial charge in [0.1, 0.15) is 0 Å². The van der Waals surface area contributed by atoms with Crippen LogP contribution in [0.3, 0.4) is 0 Å². The van der Waals surface area contributed by atoms with Crippen molar-refractivity contribution in [2.75, 3.05) is 6.26 Å². The van der Waals surface area contributed by atoms with E-state index in [1.165, 1.54) is 6.26 Å². The van der Waals surface area contributed by atoms with E-state index in [0.717, 1.165) is 26.7 Å². The average molecular weight is 415 g/mol. The molecule has 4 rings (SSSR count). The van der Waals surface area contributed by atoms with Crippen LogP contribution in [0.15, 0.2) is 77.8 Å². The third-order valence-electron chi connectivity index (χ3n) is 4.13. The molecule has 0 spiro atoms. The van der Waals surface area contributed by atoms with Crippen molar-refractivity contribution in [3.8, 4) is 26.7 Å². The maximum atomic E-state index is 11.8. The molecule has 0 unspecified atom stereocenters. The lowest BCUT2D eigenvalue weighted by molar-refractivity contribution is 0.602. The number of thiophene rings is 1. The molecule has 136 valence electrons. The first-order valence-corrected chi connectivity index (χ1v) is 11.2. The Labute approximate surface area is 166 Å². The van der Waals surface area contributed by atoms with Crippen LogP contribution in [-0.4, -0.2) is 24.5 Å². The van der Waals surface area contributed by atoms with Crippen molar-refractivity contribution in [1.29, 1.82) is 0 Å². The summed E-state index contributed by atoms with van der Waals surface area (Å²) in [6.07, 6.45) is 2.95. The van der Waals surface area contributed by atoms with E-state index >= 15 is 0 Å². The van der Waals surface area contributed by atoms with E-state index in [1.54, 1.807) is 35.7 Å².